The standard InChI is InChI=1S/C14H15F2NO2/c1-14(2)8-17(6-5-12(14)18)13(19)9-3-4-10(15)11(16)7-9/h3-4,7H,5-6,8H2,1-2H3. The fraction of sp³-hybridized carbons (Fsp3) is 0.429. The third-order valence-corrected chi connectivity index (χ3v) is 3.40. The largest absolute Gasteiger partial charge is 0.337 e. The molecule has 0 saturated carbocycles. The maximum Gasteiger partial charge on any atom is 0.254 e. The Bertz CT molecular complexity index is 540. The second kappa shape index (κ2) is 4.72. The lowest BCUT2D eigenvalue weighted by atomic mass is 9.82. The number of carbonyl (C=O) groups is 2. The molecule has 0 atom stereocenters. The molecule has 1 amide bonds. The lowest BCUT2D eigenvalue weighted by molar-refractivity contribution is -0.130. The van der Waals surface area contributed by atoms with Gasteiger partial charge >= 0.3 is 0 Å². The molecule has 0 aromatic heterocycles. The van der Waals surface area contributed by atoms with Gasteiger partial charge in [-0.25, -0.2) is 8.78 Å². The minimum atomic E-state index is -1.04. The molecule has 1 aromatic rings. The van der Waals surface area contributed by atoms with Crippen LogP contribution >= 0.6 is 0 Å². The summed E-state index contributed by atoms with van der Waals surface area (Å²) < 4.78 is 26.0. The molecule has 0 N–H and O–H groups in total. The molecular weight excluding hydrogens is 252 g/mol. The van der Waals surface area contributed by atoms with Crippen molar-refractivity contribution in [1.82, 2.24) is 4.90 Å². The highest BCUT2D eigenvalue weighted by molar-refractivity contribution is 5.96. The normalized spacial score (nSPS) is 18.5. The molecule has 1 aliphatic heterocycles. The van der Waals surface area contributed by atoms with E-state index in [2.05, 4.69) is 0 Å². The number of hydrogen-bond acceptors (Lipinski definition) is 2. The SMILES string of the molecule is CC1(C)CN(C(=O)c2ccc(F)c(F)c2)CCC1=O. The summed E-state index contributed by atoms with van der Waals surface area (Å²) in [4.78, 5) is 25.4. The van der Waals surface area contributed by atoms with Gasteiger partial charge in [0.25, 0.3) is 5.91 Å². The molecule has 1 aromatic carbocycles. The Balaban J connectivity index is 2.20. The molecule has 0 bridgehead atoms. The van der Waals surface area contributed by atoms with E-state index < -0.39 is 17.0 Å². The van der Waals surface area contributed by atoms with E-state index in [-0.39, 0.29) is 17.3 Å². The second-order valence-corrected chi connectivity index (χ2v) is 5.41. The number of piperidine rings is 1. The number of Topliss-reactive ketones (excluding diaryl/α,β-unsaturated/α-hetero) is 1. The maximum absolute atomic E-state index is 13.1. The Morgan fingerprint density at radius 1 is 1.26 bits per heavy atom. The molecule has 1 aliphatic rings. The molecule has 0 unspecified atom stereocenters. The summed E-state index contributed by atoms with van der Waals surface area (Å²) in [5.74, 6) is -2.29. The summed E-state index contributed by atoms with van der Waals surface area (Å²) >= 11 is 0. The number of halogens is 2. The zero-order valence-corrected chi connectivity index (χ0v) is 10.9. The van der Waals surface area contributed by atoms with E-state index in [0.717, 1.165) is 12.1 Å². The van der Waals surface area contributed by atoms with E-state index >= 15 is 0 Å². The number of nitrogens with zero attached hydrogens (tertiary/aromatic N) is 1. The molecule has 1 fully saturated rings. The highest BCUT2D eigenvalue weighted by Crippen LogP contribution is 2.26. The Labute approximate surface area is 110 Å². The van der Waals surface area contributed by atoms with Crippen molar-refractivity contribution in [2.45, 2.75) is 20.3 Å². The first kappa shape index (κ1) is 13.6. The van der Waals surface area contributed by atoms with Crippen LogP contribution in [-0.2, 0) is 4.79 Å². The number of hydrogen-bond donors (Lipinski definition) is 0. The maximum atomic E-state index is 13.1. The van der Waals surface area contributed by atoms with Crippen molar-refractivity contribution in [2.24, 2.45) is 5.41 Å². The van der Waals surface area contributed by atoms with Crippen molar-refractivity contribution in [2.75, 3.05) is 13.1 Å². The predicted molar refractivity (Wildman–Crippen MR) is 65.7 cm³/mol. The topological polar surface area (TPSA) is 37.4 Å². The zero-order valence-electron chi connectivity index (χ0n) is 10.9. The highest BCUT2D eigenvalue weighted by atomic mass is 19.2. The third kappa shape index (κ3) is 2.64. The first-order valence-corrected chi connectivity index (χ1v) is 6.09. The minimum absolute atomic E-state index is 0.101. The number of likely N-dealkylation sites (tertiary alicyclic amines) is 1. The van der Waals surface area contributed by atoms with E-state index in [9.17, 15) is 18.4 Å². The number of carbonyl (C=O) groups excluding carboxylic acids is 2. The number of ketones is 1. The molecule has 2 rings (SSSR count). The van der Waals surface area contributed by atoms with E-state index in [1.165, 1.54) is 11.0 Å². The van der Waals surface area contributed by atoms with Gasteiger partial charge in [-0.3, -0.25) is 9.59 Å². The summed E-state index contributed by atoms with van der Waals surface area (Å²) in [6.45, 7) is 4.17. The molecule has 1 saturated heterocycles. The van der Waals surface area contributed by atoms with E-state index in [0.29, 0.717) is 19.5 Å². The van der Waals surface area contributed by atoms with Gasteiger partial charge in [0.05, 0.1) is 0 Å². The second-order valence-electron chi connectivity index (χ2n) is 5.41. The lowest BCUT2D eigenvalue weighted by Gasteiger charge is -2.36. The minimum Gasteiger partial charge on any atom is -0.337 e. The molecule has 102 valence electrons. The van der Waals surface area contributed by atoms with E-state index in [1.807, 2.05) is 0 Å². The molecule has 19 heavy (non-hydrogen) atoms. The van der Waals surface area contributed by atoms with Gasteiger partial charge in [0.2, 0.25) is 0 Å². The van der Waals surface area contributed by atoms with Crippen LogP contribution in [0.3, 0.4) is 0 Å². The van der Waals surface area contributed by atoms with Crippen LogP contribution in [0.15, 0.2) is 18.2 Å². The Morgan fingerprint density at radius 2 is 1.95 bits per heavy atom. The van der Waals surface area contributed by atoms with Gasteiger partial charge in [0, 0.05) is 30.5 Å². The zero-order chi connectivity index (χ0) is 14.2. The van der Waals surface area contributed by atoms with Gasteiger partial charge in [-0.05, 0) is 18.2 Å². The number of amides is 1. The molecular formula is C14H15F2NO2. The van der Waals surface area contributed by atoms with Crippen LogP contribution in [0.25, 0.3) is 0 Å². The summed E-state index contributed by atoms with van der Waals surface area (Å²) in [6, 6.07) is 3.08. The van der Waals surface area contributed by atoms with Crippen LogP contribution in [0.2, 0.25) is 0 Å². The van der Waals surface area contributed by atoms with E-state index in [4.69, 9.17) is 0 Å². The summed E-state index contributed by atoms with van der Waals surface area (Å²) in [6.07, 6.45) is 0.294. The van der Waals surface area contributed by atoms with Crippen LogP contribution in [0.5, 0.6) is 0 Å². The first-order chi connectivity index (χ1) is 8.81. The molecule has 0 aliphatic carbocycles. The number of rotatable bonds is 1. The van der Waals surface area contributed by atoms with Crippen LogP contribution in [-0.4, -0.2) is 29.7 Å². The van der Waals surface area contributed by atoms with E-state index in [1.54, 1.807) is 13.8 Å². The summed E-state index contributed by atoms with van der Waals surface area (Å²) in [5, 5.41) is 0. The molecule has 0 radical (unpaired) electrons. The van der Waals surface area contributed by atoms with Crippen LogP contribution < -0.4 is 0 Å². The van der Waals surface area contributed by atoms with Crippen LogP contribution in [0, 0.1) is 17.0 Å². The summed E-state index contributed by atoms with van der Waals surface area (Å²) in [7, 11) is 0. The van der Waals surface area contributed by atoms with Gasteiger partial charge in [-0.15, -0.1) is 0 Å². The fourth-order valence-corrected chi connectivity index (χ4v) is 2.20. The third-order valence-electron chi connectivity index (χ3n) is 3.40. The average Bonchev–Trinajstić information content (AvgIpc) is 2.35. The van der Waals surface area contributed by atoms with Crippen molar-refractivity contribution in [3.63, 3.8) is 0 Å². The predicted octanol–water partition coefficient (Wildman–Crippen LogP) is 2.41. The lowest BCUT2D eigenvalue weighted by Crippen LogP contribution is -2.48. The molecule has 3 nitrogen and oxygen atoms in total. The molecule has 5 heteroatoms. The quantitative estimate of drug-likeness (QED) is 0.783. The monoisotopic (exact) mass is 267 g/mol. The average molecular weight is 267 g/mol. The van der Waals surface area contributed by atoms with Gasteiger partial charge in [-0.1, -0.05) is 13.8 Å². The van der Waals surface area contributed by atoms with Crippen molar-refractivity contribution >= 4 is 11.7 Å². The van der Waals surface area contributed by atoms with Gasteiger partial charge in [-0.2, -0.15) is 0 Å². The van der Waals surface area contributed by atoms with Gasteiger partial charge in [0.15, 0.2) is 11.6 Å². The van der Waals surface area contributed by atoms with Crippen LogP contribution in [0.4, 0.5) is 8.78 Å². The summed E-state index contributed by atoms with van der Waals surface area (Å²) in [5.41, 5.74) is -0.490. The molecule has 0 spiro atoms. The fourth-order valence-electron chi connectivity index (χ4n) is 2.20. The van der Waals surface area contributed by atoms with Crippen molar-refractivity contribution < 1.29 is 18.4 Å². The first-order valence-electron chi connectivity index (χ1n) is 6.09. The highest BCUT2D eigenvalue weighted by Gasteiger charge is 2.36. The van der Waals surface area contributed by atoms with Gasteiger partial charge in [0.1, 0.15) is 5.78 Å². The smallest absolute Gasteiger partial charge is 0.254 e. The van der Waals surface area contributed by atoms with Crippen molar-refractivity contribution in [1.29, 1.82) is 0 Å². The Morgan fingerprint density at radius 3 is 2.53 bits per heavy atom. The number of benzene rings is 1. The van der Waals surface area contributed by atoms with Crippen molar-refractivity contribution in [3.8, 4) is 0 Å². The Hall–Kier alpha value is -1.78. The van der Waals surface area contributed by atoms with Crippen molar-refractivity contribution in [3.05, 3.63) is 35.4 Å². The van der Waals surface area contributed by atoms with Gasteiger partial charge < -0.3 is 4.90 Å². The van der Waals surface area contributed by atoms with Crippen LogP contribution in [0.1, 0.15) is 30.6 Å². The molecule has 1 heterocycles. The Kier molecular flexibility index (Phi) is 3.39.